The second kappa shape index (κ2) is 6.95. The maximum Gasteiger partial charge on any atom is 0.0354 e. The Labute approximate surface area is 99.3 Å². The van der Waals surface area contributed by atoms with Gasteiger partial charge in [-0.3, -0.25) is 0 Å². The van der Waals surface area contributed by atoms with Gasteiger partial charge in [0.1, 0.15) is 0 Å². The van der Waals surface area contributed by atoms with Crippen molar-refractivity contribution in [2.45, 2.75) is 45.6 Å². The molecule has 1 N–H and O–H groups in total. The van der Waals surface area contributed by atoms with Crippen LogP contribution in [0.4, 0.5) is 5.69 Å². The summed E-state index contributed by atoms with van der Waals surface area (Å²) >= 11 is 0. The van der Waals surface area contributed by atoms with Crippen LogP contribution in [0.1, 0.15) is 45.1 Å². The highest BCUT2D eigenvalue weighted by atomic mass is 14.9. The van der Waals surface area contributed by atoms with Crippen LogP contribution in [-0.2, 0) is 0 Å². The van der Waals surface area contributed by atoms with E-state index in [1.165, 1.54) is 25.7 Å². The third kappa shape index (κ3) is 3.98. The molecule has 16 heavy (non-hydrogen) atoms. The van der Waals surface area contributed by atoms with E-state index in [1.807, 2.05) is 18.2 Å². The molecule has 86 valence electrons. The van der Waals surface area contributed by atoms with E-state index < -0.39 is 0 Å². The van der Waals surface area contributed by atoms with E-state index in [2.05, 4.69) is 31.2 Å². The van der Waals surface area contributed by atoms with E-state index in [0.29, 0.717) is 6.04 Å². The van der Waals surface area contributed by atoms with Gasteiger partial charge in [0, 0.05) is 17.3 Å². The lowest BCUT2D eigenvalue weighted by Crippen LogP contribution is -2.18. The average Bonchev–Trinajstić information content (AvgIpc) is 2.30. The molecule has 0 fully saturated rings. The minimum absolute atomic E-state index is 0.572. The van der Waals surface area contributed by atoms with Crippen LogP contribution in [0.5, 0.6) is 0 Å². The number of nitrogens with one attached hydrogen (secondary N) is 1. The first-order valence-corrected chi connectivity index (χ1v) is 6.13. The van der Waals surface area contributed by atoms with E-state index in [-0.39, 0.29) is 0 Å². The fraction of sp³-hybridized carbons (Fsp3) is 0.467. The van der Waals surface area contributed by atoms with Gasteiger partial charge in [0.2, 0.25) is 0 Å². The van der Waals surface area contributed by atoms with Crippen LogP contribution >= 0.6 is 0 Å². The molecule has 0 aliphatic heterocycles. The molecule has 0 saturated heterocycles. The van der Waals surface area contributed by atoms with Crippen molar-refractivity contribution in [2.24, 2.45) is 0 Å². The van der Waals surface area contributed by atoms with Crippen LogP contribution < -0.4 is 5.32 Å². The molecule has 0 aliphatic rings. The first kappa shape index (κ1) is 12.6. The first-order valence-electron chi connectivity index (χ1n) is 6.13. The summed E-state index contributed by atoms with van der Waals surface area (Å²) in [4.78, 5) is 0. The second-order valence-corrected chi connectivity index (χ2v) is 4.14. The minimum Gasteiger partial charge on any atom is -0.382 e. The molecule has 1 nitrogen and oxygen atoms in total. The predicted octanol–water partition coefficient (Wildman–Crippen LogP) is 4.05. The molecule has 0 heterocycles. The normalized spacial score (nSPS) is 10.1. The van der Waals surface area contributed by atoms with Gasteiger partial charge in [-0.2, -0.15) is 0 Å². The Balaban J connectivity index is 2.65. The van der Waals surface area contributed by atoms with Gasteiger partial charge >= 0.3 is 0 Å². The molecule has 0 radical (unpaired) electrons. The molecule has 1 rings (SSSR count). The second-order valence-electron chi connectivity index (χ2n) is 4.14. The van der Waals surface area contributed by atoms with Crippen molar-refractivity contribution in [3.05, 3.63) is 29.8 Å². The van der Waals surface area contributed by atoms with Crippen molar-refractivity contribution in [3.63, 3.8) is 0 Å². The van der Waals surface area contributed by atoms with Gasteiger partial charge < -0.3 is 5.32 Å². The van der Waals surface area contributed by atoms with Gasteiger partial charge in [0.15, 0.2) is 0 Å². The van der Waals surface area contributed by atoms with E-state index in [1.54, 1.807) is 0 Å². The lowest BCUT2D eigenvalue weighted by atomic mass is 10.1. The molecule has 0 saturated carbocycles. The van der Waals surface area contributed by atoms with Crippen LogP contribution in [0.2, 0.25) is 0 Å². The fourth-order valence-electron chi connectivity index (χ4n) is 1.92. The van der Waals surface area contributed by atoms with Crippen LogP contribution in [0.25, 0.3) is 0 Å². The summed E-state index contributed by atoms with van der Waals surface area (Å²) in [7, 11) is 0. The molecule has 1 aromatic carbocycles. The highest BCUT2D eigenvalue weighted by Gasteiger charge is 2.05. The summed E-state index contributed by atoms with van der Waals surface area (Å²) in [6.07, 6.45) is 10.3. The van der Waals surface area contributed by atoms with Crippen molar-refractivity contribution in [1.82, 2.24) is 0 Å². The molecule has 0 spiro atoms. The molecule has 1 heteroatoms. The van der Waals surface area contributed by atoms with Gasteiger partial charge in [-0.25, -0.2) is 0 Å². The smallest absolute Gasteiger partial charge is 0.0354 e. The van der Waals surface area contributed by atoms with Crippen molar-refractivity contribution in [3.8, 4) is 12.3 Å². The van der Waals surface area contributed by atoms with E-state index >= 15 is 0 Å². The average molecular weight is 215 g/mol. The number of benzene rings is 1. The molecule has 0 aromatic heterocycles. The number of terminal acetylenes is 1. The van der Waals surface area contributed by atoms with Gasteiger partial charge in [-0.1, -0.05) is 38.7 Å². The zero-order chi connectivity index (χ0) is 11.8. The maximum absolute atomic E-state index is 5.39. The summed E-state index contributed by atoms with van der Waals surface area (Å²) in [6, 6.07) is 8.66. The number of rotatable bonds is 6. The Morgan fingerprint density at radius 1 is 1.25 bits per heavy atom. The molecule has 0 amide bonds. The highest BCUT2D eigenvalue weighted by Crippen LogP contribution is 2.15. The summed E-state index contributed by atoms with van der Waals surface area (Å²) < 4.78 is 0. The monoisotopic (exact) mass is 215 g/mol. The van der Waals surface area contributed by atoms with Gasteiger partial charge in [0.25, 0.3) is 0 Å². The van der Waals surface area contributed by atoms with E-state index in [0.717, 1.165) is 11.3 Å². The Kier molecular flexibility index (Phi) is 5.50. The highest BCUT2D eigenvalue weighted by molar-refractivity contribution is 5.50. The fourth-order valence-corrected chi connectivity index (χ4v) is 1.92. The Morgan fingerprint density at radius 3 is 2.50 bits per heavy atom. The lowest BCUT2D eigenvalue weighted by Gasteiger charge is -2.18. The summed E-state index contributed by atoms with van der Waals surface area (Å²) in [6.45, 7) is 4.45. The Bertz CT molecular complexity index is 343. The van der Waals surface area contributed by atoms with Crippen LogP contribution in [-0.4, -0.2) is 6.04 Å². The molecule has 0 unspecified atom stereocenters. The molecule has 0 aliphatic carbocycles. The Morgan fingerprint density at radius 2 is 1.94 bits per heavy atom. The molecular weight excluding hydrogens is 194 g/mol. The molecule has 0 bridgehead atoms. The maximum atomic E-state index is 5.39. The van der Waals surface area contributed by atoms with E-state index in [4.69, 9.17) is 6.42 Å². The minimum atomic E-state index is 0.572. The number of hydrogen-bond donors (Lipinski definition) is 1. The summed E-state index contributed by atoms with van der Waals surface area (Å²) in [5, 5.41) is 3.56. The van der Waals surface area contributed by atoms with Crippen molar-refractivity contribution < 1.29 is 0 Å². The quantitative estimate of drug-likeness (QED) is 0.706. The van der Waals surface area contributed by atoms with Crippen molar-refractivity contribution >= 4 is 5.69 Å². The van der Waals surface area contributed by atoms with Crippen molar-refractivity contribution in [1.29, 1.82) is 0 Å². The summed E-state index contributed by atoms with van der Waals surface area (Å²) in [5.41, 5.74) is 2.08. The van der Waals surface area contributed by atoms with Gasteiger partial charge in [-0.05, 0) is 31.0 Å². The predicted molar refractivity (Wildman–Crippen MR) is 71.6 cm³/mol. The van der Waals surface area contributed by atoms with Crippen LogP contribution in [0.3, 0.4) is 0 Å². The largest absolute Gasteiger partial charge is 0.382 e. The zero-order valence-corrected chi connectivity index (χ0v) is 10.3. The third-order valence-corrected chi connectivity index (χ3v) is 2.67. The van der Waals surface area contributed by atoms with E-state index in [9.17, 15) is 0 Å². The molecule has 0 atom stereocenters. The van der Waals surface area contributed by atoms with Crippen molar-refractivity contribution in [2.75, 3.05) is 5.32 Å². The third-order valence-electron chi connectivity index (χ3n) is 2.67. The molecule has 1 aromatic rings. The van der Waals surface area contributed by atoms with Gasteiger partial charge in [-0.15, -0.1) is 6.42 Å². The zero-order valence-electron chi connectivity index (χ0n) is 10.3. The standard InChI is InChI=1S/C15H21N/c1-4-8-14(9-5-2)16-15-11-7-10-13(6-3)12-15/h3,7,10-12,14,16H,4-5,8-9H2,1-2H3. The first-order chi connectivity index (χ1) is 7.80. The topological polar surface area (TPSA) is 12.0 Å². The Hall–Kier alpha value is -1.42. The molecular formula is C15H21N. The lowest BCUT2D eigenvalue weighted by molar-refractivity contribution is 0.586. The number of hydrogen-bond acceptors (Lipinski definition) is 1. The van der Waals surface area contributed by atoms with Gasteiger partial charge in [0.05, 0.1) is 0 Å². The van der Waals surface area contributed by atoms with Crippen LogP contribution in [0, 0.1) is 12.3 Å². The number of anilines is 1. The summed E-state index contributed by atoms with van der Waals surface area (Å²) in [5.74, 6) is 2.66. The van der Waals surface area contributed by atoms with Crippen LogP contribution in [0.15, 0.2) is 24.3 Å². The SMILES string of the molecule is C#Cc1cccc(NC(CCC)CCC)c1.